The number of pyridine rings is 1. The average Bonchev–Trinajstić information content (AvgIpc) is 2.47. The van der Waals surface area contributed by atoms with Crippen molar-refractivity contribution in [1.29, 1.82) is 0 Å². The highest BCUT2D eigenvalue weighted by molar-refractivity contribution is 6.31. The second-order valence-corrected chi connectivity index (χ2v) is 5.54. The number of nitrogens with zero attached hydrogens (tertiary/aromatic N) is 1. The van der Waals surface area contributed by atoms with Gasteiger partial charge in [-0.2, -0.15) is 0 Å². The summed E-state index contributed by atoms with van der Waals surface area (Å²) in [6.45, 7) is 4.37. The van der Waals surface area contributed by atoms with Crippen molar-refractivity contribution < 1.29 is 9.53 Å². The van der Waals surface area contributed by atoms with Crippen LogP contribution in [0.1, 0.15) is 24.0 Å². The third-order valence-corrected chi connectivity index (χ3v) is 3.55. The Bertz CT molecular complexity index is 659. The lowest BCUT2D eigenvalue weighted by atomic mass is 10.2. The molecule has 1 aromatic carbocycles. The molecule has 0 aliphatic heterocycles. The first kappa shape index (κ1) is 16.3. The summed E-state index contributed by atoms with van der Waals surface area (Å²) >= 11 is 5.96. The van der Waals surface area contributed by atoms with Gasteiger partial charge in [-0.15, -0.1) is 0 Å². The van der Waals surface area contributed by atoms with Crippen LogP contribution >= 0.6 is 11.6 Å². The first-order valence-corrected chi connectivity index (χ1v) is 7.54. The summed E-state index contributed by atoms with van der Waals surface area (Å²) in [5.41, 5.74) is 2.04. The van der Waals surface area contributed by atoms with E-state index in [1.54, 1.807) is 6.20 Å². The molecule has 1 N–H and O–H groups in total. The van der Waals surface area contributed by atoms with Gasteiger partial charge < -0.3 is 10.1 Å². The summed E-state index contributed by atoms with van der Waals surface area (Å²) < 4.78 is 5.61. The average molecular weight is 319 g/mol. The van der Waals surface area contributed by atoms with Gasteiger partial charge in [-0.3, -0.25) is 4.79 Å². The Morgan fingerprint density at radius 2 is 2.09 bits per heavy atom. The van der Waals surface area contributed by atoms with Crippen LogP contribution in [0.5, 0.6) is 5.75 Å². The predicted octanol–water partition coefficient (Wildman–Crippen LogP) is 4.15. The van der Waals surface area contributed by atoms with Crippen LogP contribution in [-0.4, -0.2) is 17.5 Å². The van der Waals surface area contributed by atoms with Gasteiger partial charge in [0.15, 0.2) is 0 Å². The van der Waals surface area contributed by atoms with Crippen LogP contribution in [-0.2, 0) is 4.79 Å². The third-order valence-electron chi connectivity index (χ3n) is 3.13. The number of ether oxygens (including phenoxy) is 1. The Morgan fingerprint density at radius 1 is 1.27 bits per heavy atom. The molecule has 22 heavy (non-hydrogen) atoms. The molecule has 116 valence electrons. The van der Waals surface area contributed by atoms with Gasteiger partial charge in [-0.05, 0) is 61.7 Å². The van der Waals surface area contributed by atoms with Gasteiger partial charge in [0.2, 0.25) is 5.91 Å². The van der Waals surface area contributed by atoms with E-state index in [0.717, 1.165) is 21.9 Å². The molecular weight excluding hydrogens is 300 g/mol. The van der Waals surface area contributed by atoms with Crippen molar-refractivity contribution in [3.8, 4) is 5.75 Å². The number of aromatic nitrogens is 1. The zero-order chi connectivity index (χ0) is 15.9. The number of hydrogen-bond acceptors (Lipinski definition) is 3. The van der Waals surface area contributed by atoms with Crippen LogP contribution < -0.4 is 10.1 Å². The molecule has 0 atom stereocenters. The summed E-state index contributed by atoms with van der Waals surface area (Å²) in [6.07, 6.45) is 2.71. The standard InChI is InChI=1S/C17H19ClN2O2/c1-12-7-8-19-16(10-12)20-17(21)4-3-9-22-14-5-6-15(18)13(2)11-14/h5-8,10-11H,3-4,9H2,1-2H3,(H,19,20,21). The van der Waals surface area contributed by atoms with Crippen LogP contribution in [0.15, 0.2) is 36.5 Å². The minimum atomic E-state index is -0.0611. The number of anilines is 1. The maximum absolute atomic E-state index is 11.8. The maximum Gasteiger partial charge on any atom is 0.225 e. The summed E-state index contributed by atoms with van der Waals surface area (Å²) in [5.74, 6) is 1.29. The molecule has 0 aliphatic rings. The van der Waals surface area contributed by atoms with E-state index in [-0.39, 0.29) is 5.91 Å². The van der Waals surface area contributed by atoms with E-state index in [1.807, 2.05) is 44.2 Å². The van der Waals surface area contributed by atoms with E-state index < -0.39 is 0 Å². The topological polar surface area (TPSA) is 51.2 Å². The van der Waals surface area contributed by atoms with E-state index >= 15 is 0 Å². The summed E-state index contributed by atoms with van der Waals surface area (Å²) in [5, 5.41) is 3.49. The van der Waals surface area contributed by atoms with Gasteiger partial charge in [0, 0.05) is 17.6 Å². The highest BCUT2D eigenvalue weighted by atomic mass is 35.5. The Kier molecular flexibility index (Phi) is 5.78. The second kappa shape index (κ2) is 7.80. The molecule has 0 bridgehead atoms. The number of amides is 1. The van der Waals surface area contributed by atoms with Crippen LogP contribution in [0, 0.1) is 13.8 Å². The number of rotatable bonds is 6. The molecule has 0 saturated heterocycles. The third kappa shape index (κ3) is 5.04. The predicted molar refractivity (Wildman–Crippen MR) is 88.5 cm³/mol. The van der Waals surface area contributed by atoms with Crippen molar-refractivity contribution >= 4 is 23.3 Å². The van der Waals surface area contributed by atoms with Gasteiger partial charge in [-0.1, -0.05) is 11.6 Å². The van der Waals surface area contributed by atoms with Gasteiger partial charge in [0.25, 0.3) is 0 Å². The zero-order valence-electron chi connectivity index (χ0n) is 12.7. The molecule has 1 aromatic heterocycles. The zero-order valence-corrected chi connectivity index (χ0v) is 13.5. The maximum atomic E-state index is 11.8. The van der Waals surface area contributed by atoms with Crippen molar-refractivity contribution in [2.45, 2.75) is 26.7 Å². The SMILES string of the molecule is Cc1ccnc(NC(=O)CCCOc2ccc(Cl)c(C)c2)c1. The molecule has 2 rings (SSSR count). The normalized spacial score (nSPS) is 10.3. The van der Waals surface area contributed by atoms with Gasteiger partial charge in [-0.25, -0.2) is 4.98 Å². The van der Waals surface area contributed by atoms with E-state index in [9.17, 15) is 4.79 Å². The van der Waals surface area contributed by atoms with Crippen LogP contribution in [0.25, 0.3) is 0 Å². The Labute approximate surface area is 135 Å². The summed E-state index contributed by atoms with van der Waals surface area (Å²) in [4.78, 5) is 15.9. The van der Waals surface area contributed by atoms with Crippen LogP contribution in [0.3, 0.4) is 0 Å². The minimum absolute atomic E-state index is 0.0611. The van der Waals surface area contributed by atoms with Gasteiger partial charge >= 0.3 is 0 Å². The lowest BCUT2D eigenvalue weighted by molar-refractivity contribution is -0.116. The summed E-state index contributed by atoms with van der Waals surface area (Å²) in [7, 11) is 0. The van der Waals surface area contributed by atoms with Crippen molar-refractivity contribution in [2.75, 3.05) is 11.9 Å². The highest BCUT2D eigenvalue weighted by Crippen LogP contribution is 2.21. The fourth-order valence-electron chi connectivity index (χ4n) is 1.94. The van der Waals surface area contributed by atoms with Crippen molar-refractivity contribution in [1.82, 2.24) is 4.98 Å². The Morgan fingerprint density at radius 3 is 2.82 bits per heavy atom. The van der Waals surface area contributed by atoms with Crippen molar-refractivity contribution in [3.05, 3.63) is 52.7 Å². The Balaban J connectivity index is 1.72. The molecule has 0 unspecified atom stereocenters. The van der Waals surface area contributed by atoms with Crippen molar-refractivity contribution in [2.24, 2.45) is 0 Å². The Hall–Kier alpha value is -2.07. The molecule has 0 aliphatic carbocycles. The van der Waals surface area contributed by atoms with Crippen molar-refractivity contribution in [3.63, 3.8) is 0 Å². The lowest BCUT2D eigenvalue weighted by Crippen LogP contribution is -2.13. The number of carbonyl (C=O) groups excluding carboxylic acids is 1. The van der Waals surface area contributed by atoms with Gasteiger partial charge in [0.05, 0.1) is 6.61 Å². The highest BCUT2D eigenvalue weighted by Gasteiger charge is 2.04. The smallest absolute Gasteiger partial charge is 0.225 e. The first-order valence-electron chi connectivity index (χ1n) is 7.16. The minimum Gasteiger partial charge on any atom is -0.494 e. The fraction of sp³-hybridized carbons (Fsp3) is 0.294. The quantitative estimate of drug-likeness (QED) is 0.814. The summed E-state index contributed by atoms with van der Waals surface area (Å²) in [6, 6.07) is 9.25. The van der Waals surface area contributed by atoms with Crippen LogP contribution in [0.2, 0.25) is 5.02 Å². The van der Waals surface area contributed by atoms with E-state index in [0.29, 0.717) is 25.3 Å². The molecule has 0 radical (unpaired) electrons. The molecule has 4 nitrogen and oxygen atoms in total. The van der Waals surface area contributed by atoms with Crippen LogP contribution in [0.4, 0.5) is 5.82 Å². The number of benzene rings is 1. The molecule has 5 heteroatoms. The van der Waals surface area contributed by atoms with E-state index in [4.69, 9.17) is 16.3 Å². The number of aryl methyl sites for hydroxylation is 2. The molecule has 1 amide bonds. The largest absolute Gasteiger partial charge is 0.494 e. The number of halogens is 1. The molecule has 0 fully saturated rings. The molecule has 1 heterocycles. The van der Waals surface area contributed by atoms with E-state index in [1.165, 1.54) is 0 Å². The lowest BCUT2D eigenvalue weighted by Gasteiger charge is -2.08. The fourth-order valence-corrected chi connectivity index (χ4v) is 2.06. The number of carbonyl (C=O) groups is 1. The number of nitrogens with one attached hydrogen (secondary N) is 1. The monoisotopic (exact) mass is 318 g/mol. The molecular formula is C17H19ClN2O2. The van der Waals surface area contributed by atoms with Gasteiger partial charge in [0.1, 0.15) is 11.6 Å². The molecule has 2 aromatic rings. The van der Waals surface area contributed by atoms with E-state index in [2.05, 4.69) is 10.3 Å². The molecule has 0 spiro atoms. The number of hydrogen-bond donors (Lipinski definition) is 1. The molecule has 0 saturated carbocycles. The second-order valence-electron chi connectivity index (χ2n) is 5.13. The first-order chi connectivity index (χ1) is 10.5.